The van der Waals surface area contributed by atoms with Crippen LogP contribution in [0.3, 0.4) is 0 Å². The van der Waals surface area contributed by atoms with Gasteiger partial charge in [0.15, 0.2) is 0 Å². The second kappa shape index (κ2) is 5.66. The van der Waals surface area contributed by atoms with Crippen molar-refractivity contribution in [2.24, 2.45) is 0 Å². The topological polar surface area (TPSA) is 75.0 Å². The van der Waals surface area contributed by atoms with Gasteiger partial charge in [-0.05, 0) is 24.3 Å². The number of nitrogens with two attached hydrogens (primary N) is 1. The smallest absolute Gasteiger partial charge is 0.222 e. The van der Waals surface area contributed by atoms with Gasteiger partial charge < -0.3 is 10.6 Å². The van der Waals surface area contributed by atoms with Gasteiger partial charge in [0, 0.05) is 30.3 Å². The van der Waals surface area contributed by atoms with Gasteiger partial charge in [0.05, 0.1) is 17.6 Å². The van der Waals surface area contributed by atoms with E-state index in [1.807, 2.05) is 16.3 Å². The molecule has 20 heavy (non-hydrogen) atoms. The molecule has 1 amide bonds. The van der Waals surface area contributed by atoms with Crippen molar-refractivity contribution in [1.29, 1.82) is 0 Å². The number of amides is 1. The van der Waals surface area contributed by atoms with Crippen LogP contribution in [0.1, 0.15) is 29.3 Å². The summed E-state index contributed by atoms with van der Waals surface area (Å²) in [5, 5.41) is 8.95. The number of nitrogen functional groups attached to an aromatic ring is 1. The Kier molecular flexibility index (Phi) is 3.73. The number of thiophene rings is 1. The summed E-state index contributed by atoms with van der Waals surface area (Å²) in [6.45, 7) is 1.56. The molecule has 0 aromatic carbocycles. The van der Waals surface area contributed by atoms with Gasteiger partial charge in [-0.2, -0.15) is 5.10 Å². The number of aromatic nitrogens is 2. The third-order valence-electron chi connectivity index (χ3n) is 3.81. The summed E-state index contributed by atoms with van der Waals surface area (Å²) in [7, 11) is 0. The maximum absolute atomic E-state index is 12.2. The van der Waals surface area contributed by atoms with Gasteiger partial charge in [-0.1, -0.05) is 6.07 Å². The number of anilines is 1. The molecule has 1 unspecified atom stereocenters. The first kappa shape index (κ1) is 13.2. The van der Waals surface area contributed by atoms with Crippen molar-refractivity contribution in [3.05, 3.63) is 34.3 Å². The fraction of sp³-hybridized carbons (Fsp3) is 0.429. The number of carbonyl (C=O) groups excluding carboxylic acids is 1. The van der Waals surface area contributed by atoms with E-state index in [9.17, 15) is 4.79 Å². The van der Waals surface area contributed by atoms with Crippen LogP contribution in [0.5, 0.6) is 0 Å². The lowest BCUT2D eigenvalue weighted by Gasteiger charge is -2.16. The molecule has 0 spiro atoms. The highest BCUT2D eigenvalue weighted by molar-refractivity contribution is 7.09. The summed E-state index contributed by atoms with van der Waals surface area (Å²) in [5.41, 5.74) is 7.54. The van der Waals surface area contributed by atoms with Crippen LogP contribution in [-0.4, -0.2) is 34.1 Å². The number of H-pyrrole nitrogens is 1. The lowest BCUT2D eigenvalue weighted by molar-refractivity contribution is -0.130. The molecule has 0 aliphatic carbocycles. The van der Waals surface area contributed by atoms with E-state index in [-0.39, 0.29) is 5.91 Å². The number of hydrogen-bond donors (Lipinski definition) is 2. The molecule has 6 heteroatoms. The third-order valence-corrected chi connectivity index (χ3v) is 4.75. The summed E-state index contributed by atoms with van der Waals surface area (Å²) in [5.74, 6) is 0.530. The van der Waals surface area contributed by atoms with E-state index >= 15 is 0 Å². The molecule has 5 nitrogen and oxygen atoms in total. The molecule has 106 valence electrons. The Bertz CT molecular complexity index is 578. The zero-order valence-corrected chi connectivity index (χ0v) is 12.0. The zero-order chi connectivity index (χ0) is 13.9. The number of nitrogens with one attached hydrogen (secondary N) is 1. The Hall–Kier alpha value is -1.82. The van der Waals surface area contributed by atoms with Crippen LogP contribution < -0.4 is 5.73 Å². The van der Waals surface area contributed by atoms with E-state index in [0.29, 0.717) is 18.0 Å². The van der Waals surface area contributed by atoms with E-state index in [0.717, 1.165) is 31.6 Å². The largest absolute Gasteiger partial charge is 0.396 e. The van der Waals surface area contributed by atoms with Gasteiger partial charge in [-0.3, -0.25) is 9.89 Å². The summed E-state index contributed by atoms with van der Waals surface area (Å²) in [6.07, 6.45) is 4.02. The maximum atomic E-state index is 12.2. The van der Waals surface area contributed by atoms with E-state index in [4.69, 9.17) is 5.73 Å². The zero-order valence-electron chi connectivity index (χ0n) is 11.2. The Labute approximate surface area is 121 Å². The van der Waals surface area contributed by atoms with Crippen molar-refractivity contribution in [2.45, 2.75) is 25.2 Å². The van der Waals surface area contributed by atoms with E-state index in [1.165, 1.54) is 4.88 Å². The van der Waals surface area contributed by atoms with E-state index < -0.39 is 0 Å². The molecule has 1 aliphatic heterocycles. The average molecular weight is 290 g/mol. The molecule has 0 saturated carbocycles. The molecule has 1 fully saturated rings. The minimum absolute atomic E-state index is 0.235. The van der Waals surface area contributed by atoms with Gasteiger partial charge in [-0.15, -0.1) is 11.3 Å². The average Bonchev–Trinajstić information content (AvgIpc) is 3.16. The van der Waals surface area contributed by atoms with E-state index in [2.05, 4.69) is 16.3 Å². The first-order valence-electron chi connectivity index (χ1n) is 6.83. The highest BCUT2D eigenvalue weighted by Gasteiger charge is 2.29. The summed E-state index contributed by atoms with van der Waals surface area (Å²) in [4.78, 5) is 15.4. The number of nitrogens with zero attached hydrogens (tertiary/aromatic N) is 2. The van der Waals surface area contributed by atoms with Crippen molar-refractivity contribution in [3.8, 4) is 0 Å². The number of carbonyl (C=O) groups is 1. The SMILES string of the molecule is Nc1cn[nH]c1C1CCN(C(=O)CCc2cccs2)C1. The Morgan fingerprint density at radius 3 is 3.20 bits per heavy atom. The fourth-order valence-electron chi connectivity index (χ4n) is 2.70. The minimum atomic E-state index is 0.235. The van der Waals surface area contributed by atoms with E-state index in [1.54, 1.807) is 17.5 Å². The predicted octanol–water partition coefficient (Wildman–Crippen LogP) is 2.00. The van der Waals surface area contributed by atoms with Crippen LogP contribution in [-0.2, 0) is 11.2 Å². The Balaban J connectivity index is 1.54. The predicted molar refractivity (Wildman–Crippen MR) is 79.6 cm³/mol. The molecule has 2 aromatic rings. The molecular weight excluding hydrogens is 272 g/mol. The van der Waals surface area contributed by atoms with Crippen LogP contribution in [0.2, 0.25) is 0 Å². The molecule has 1 atom stereocenters. The highest BCUT2D eigenvalue weighted by Crippen LogP contribution is 2.29. The van der Waals surface area contributed by atoms with Crippen molar-refractivity contribution < 1.29 is 4.79 Å². The van der Waals surface area contributed by atoms with Crippen molar-refractivity contribution >= 4 is 22.9 Å². The van der Waals surface area contributed by atoms with Crippen molar-refractivity contribution in [3.63, 3.8) is 0 Å². The molecule has 3 N–H and O–H groups in total. The molecule has 1 aliphatic rings. The molecular formula is C14H18N4OS. The molecule has 3 heterocycles. The van der Waals surface area contributed by atoms with Gasteiger partial charge in [0.25, 0.3) is 0 Å². The summed E-state index contributed by atoms with van der Waals surface area (Å²) in [6, 6.07) is 4.10. The van der Waals surface area contributed by atoms with Gasteiger partial charge >= 0.3 is 0 Å². The summed E-state index contributed by atoms with van der Waals surface area (Å²) >= 11 is 1.71. The highest BCUT2D eigenvalue weighted by atomic mass is 32.1. The number of rotatable bonds is 4. The number of aryl methyl sites for hydroxylation is 1. The van der Waals surface area contributed by atoms with Crippen LogP contribution in [0, 0.1) is 0 Å². The van der Waals surface area contributed by atoms with Crippen LogP contribution >= 0.6 is 11.3 Å². The Morgan fingerprint density at radius 2 is 2.50 bits per heavy atom. The minimum Gasteiger partial charge on any atom is -0.396 e. The van der Waals surface area contributed by atoms with Gasteiger partial charge in [0.2, 0.25) is 5.91 Å². The molecule has 3 rings (SSSR count). The standard InChI is InChI=1S/C14H18N4OS/c15-12-8-16-17-14(12)10-5-6-18(9-10)13(19)4-3-11-2-1-7-20-11/h1-2,7-8,10H,3-6,9,15H2,(H,16,17). The quantitative estimate of drug-likeness (QED) is 0.904. The van der Waals surface area contributed by atoms with Gasteiger partial charge in [0.1, 0.15) is 0 Å². The number of aromatic amines is 1. The molecule has 0 bridgehead atoms. The second-order valence-electron chi connectivity index (χ2n) is 5.14. The lowest BCUT2D eigenvalue weighted by Crippen LogP contribution is -2.28. The van der Waals surface area contributed by atoms with Gasteiger partial charge in [-0.25, -0.2) is 0 Å². The summed E-state index contributed by atoms with van der Waals surface area (Å²) < 4.78 is 0. The second-order valence-corrected chi connectivity index (χ2v) is 6.18. The van der Waals surface area contributed by atoms with Crippen LogP contribution in [0.4, 0.5) is 5.69 Å². The monoisotopic (exact) mass is 290 g/mol. The normalized spacial score (nSPS) is 18.6. The van der Waals surface area contributed by atoms with Crippen LogP contribution in [0.15, 0.2) is 23.7 Å². The molecule has 0 radical (unpaired) electrons. The lowest BCUT2D eigenvalue weighted by atomic mass is 10.0. The number of hydrogen-bond acceptors (Lipinski definition) is 4. The van der Waals surface area contributed by atoms with Crippen molar-refractivity contribution in [1.82, 2.24) is 15.1 Å². The van der Waals surface area contributed by atoms with Crippen molar-refractivity contribution in [2.75, 3.05) is 18.8 Å². The van der Waals surface area contributed by atoms with Crippen LogP contribution in [0.25, 0.3) is 0 Å². The molecule has 2 aromatic heterocycles. The fourth-order valence-corrected chi connectivity index (χ4v) is 3.41. The number of likely N-dealkylation sites (tertiary alicyclic amines) is 1. The first-order chi connectivity index (χ1) is 9.74. The third kappa shape index (κ3) is 2.70. The maximum Gasteiger partial charge on any atom is 0.222 e. The Morgan fingerprint density at radius 1 is 1.60 bits per heavy atom. The first-order valence-corrected chi connectivity index (χ1v) is 7.71. The molecule has 1 saturated heterocycles.